The molecule has 2 heterocycles. The zero-order valence-electron chi connectivity index (χ0n) is 16.2. The maximum Gasteiger partial charge on any atom is 0.225 e. The van der Waals surface area contributed by atoms with Gasteiger partial charge in [0.1, 0.15) is 0 Å². The predicted octanol–water partition coefficient (Wildman–Crippen LogP) is 0.108. The molecule has 7 nitrogen and oxygen atoms in total. The highest BCUT2D eigenvalue weighted by atomic mass is 16.5. The van der Waals surface area contributed by atoms with Crippen LogP contribution in [-0.4, -0.2) is 110 Å². The van der Waals surface area contributed by atoms with Crippen LogP contribution in [0, 0.1) is 0 Å². The molecule has 0 N–H and O–H groups in total. The fourth-order valence-corrected chi connectivity index (χ4v) is 3.33. The second-order valence-corrected chi connectivity index (χ2v) is 7.60. The summed E-state index contributed by atoms with van der Waals surface area (Å²) < 4.78 is 5.79. The van der Waals surface area contributed by atoms with E-state index >= 15 is 0 Å². The van der Waals surface area contributed by atoms with Crippen molar-refractivity contribution in [2.24, 2.45) is 0 Å². The maximum absolute atomic E-state index is 12.7. The van der Waals surface area contributed by atoms with E-state index < -0.39 is 0 Å². The highest BCUT2D eigenvalue weighted by molar-refractivity contribution is 5.80. The summed E-state index contributed by atoms with van der Waals surface area (Å²) in [5.74, 6) is 0.259. The average Bonchev–Trinajstić information content (AvgIpc) is 2.75. The fourth-order valence-electron chi connectivity index (χ4n) is 3.33. The standard InChI is InChI=1S/C18H34N4O3/c1-15(2)22-11-12-25-16(14-22)13-18(24)20-6-5-17(23)21(10-9-20)8-7-19(3)4/h15-16H,5-14H2,1-4H3. The summed E-state index contributed by atoms with van der Waals surface area (Å²) in [7, 11) is 4.01. The zero-order valence-corrected chi connectivity index (χ0v) is 16.2. The molecule has 0 spiro atoms. The van der Waals surface area contributed by atoms with Gasteiger partial charge in [-0.1, -0.05) is 0 Å². The van der Waals surface area contributed by atoms with Gasteiger partial charge in [-0.15, -0.1) is 0 Å². The minimum absolute atomic E-state index is 0.0348. The molecule has 2 aliphatic heterocycles. The summed E-state index contributed by atoms with van der Waals surface area (Å²) in [5.41, 5.74) is 0. The number of hydrogen-bond acceptors (Lipinski definition) is 5. The van der Waals surface area contributed by atoms with Crippen molar-refractivity contribution >= 4 is 11.8 Å². The van der Waals surface area contributed by atoms with Crippen molar-refractivity contribution in [3.05, 3.63) is 0 Å². The molecule has 0 aromatic rings. The van der Waals surface area contributed by atoms with Crippen molar-refractivity contribution in [2.45, 2.75) is 38.8 Å². The summed E-state index contributed by atoms with van der Waals surface area (Å²) in [6, 6.07) is 0.475. The van der Waals surface area contributed by atoms with Crippen LogP contribution in [0.15, 0.2) is 0 Å². The van der Waals surface area contributed by atoms with Crippen LogP contribution in [0.1, 0.15) is 26.7 Å². The number of rotatable bonds is 6. The molecule has 25 heavy (non-hydrogen) atoms. The number of nitrogens with zero attached hydrogens (tertiary/aromatic N) is 4. The van der Waals surface area contributed by atoms with Gasteiger partial charge in [-0.05, 0) is 27.9 Å². The summed E-state index contributed by atoms with van der Waals surface area (Å²) in [6.45, 7) is 10.1. The molecule has 0 aromatic heterocycles. The minimum atomic E-state index is -0.0348. The average molecular weight is 354 g/mol. The second kappa shape index (κ2) is 9.50. The number of carbonyl (C=O) groups excluding carboxylic acids is 2. The van der Waals surface area contributed by atoms with Crippen molar-refractivity contribution in [1.29, 1.82) is 0 Å². The lowest BCUT2D eigenvalue weighted by molar-refractivity contribution is -0.136. The van der Waals surface area contributed by atoms with Crippen molar-refractivity contribution < 1.29 is 14.3 Å². The van der Waals surface area contributed by atoms with Crippen LogP contribution in [0.3, 0.4) is 0 Å². The number of hydrogen-bond donors (Lipinski definition) is 0. The van der Waals surface area contributed by atoms with E-state index in [1.807, 2.05) is 23.9 Å². The third kappa shape index (κ3) is 6.24. The fraction of sp³-hybridized carbons (Fsp3) is 0.889. The Hall–Kier alpha value is -1.18. The molecule has 7 heteroatoms. The molecule has 1 atom stereocenters. The van der Waals surface area contributed by atoms with E-state index in [4.69, 9.17) is 4.74 Å². The molecule has 2 fully saturated rings. The summed E-state index contributed by atoms with van der Waals surface area (Å²) in [4.78, 5) is 33.1. The Balaban J connectivity index is 1.82. The van der Waals surface area contributed by atoms with Crippen molar-refractivity contribution in [3.63, 3.8) is 0 Å². The molecular weight excluding hydrogens is 320 g/mol. The minimum Gasteiger partial charge on any atom is -0.375 e. The van der Waals surface area contributed by atoms with Crippen molar-refractivity contribution in [3.8, 4) is 0 Å². The zero-order chi connectivity index (χ0) is 18.4. The third-order valence-electron chi connectivity index (χ3n) is 5.06. The Kier molecular flexibility index (Phi) is 7.65. The van der Waals surface area contributed by atoms with Gasteiger partial charge < -0.3 is 19.4 Å². The van der Waals surface area contributed by atoms with Crippen LogP contribution in [0.4, 0.5) is 0 Å². The number of carbonyl (C=O) groups is 2. The number of ether oxygens (including phenoxy) is 1. The molecule has 0 radical (unpaired) electrons. The van der Waals surface area contributed by atoms with Gasteiger partial charge in [0.15, 0.2) is 0 Å². The normalized spacial score (nSPS) is 23.4. The number of morpholine rings is 1. The van der Waals surface area contributed by atoms with E-state index in [9.17, 15) is 9.59 Å². The lowest BCUT2D eigenvalue weighted by atomic mass is 10.1. The molecule has 0 aromatic carbocycles. The van der Waals surface area contributed by atoms with Crippen LogP contribution in [0.2, 0.25) is 0 Å². The van der Waals surface area contributed by atoms with Gasteiger partial charge in [0, 0.05) is 58.3 Å². The monoisotopic (exact) mass is 354 g/mol. The Labute approximate surface area is 151 Å². The van der Waals surface area contributed by atoms with E-state index in [2.05, 4.69) is 23.6 Å². The molecule has 2 amide bonds. The van der Waals surface area contributed by atoms with Crippen LogP contribution in [0.5, 0.6) is 0 Å². The first-order valence-corrected chi connectivity index (χ1v) is 9.42. The Morgan fingerprint density at radius 3 is 2.68 bits per heavy atom. The quantitative estimate of drug-likeness (QED) is 0.678. The molecule has 2 aliphatic rings. The summed E-state index contributed by atoms with van der Waals surface area (Å²) in [6.07, 6.45) is 0.796. The molecule has 0 bridgehead atoms. The van der Waals surface area contributed by atoms with Crippen LogP contribution < -0.4 is 0 Å². The van der Waals surface area contributed by atoms with Crippen LogP contribution >= 0.6 is 0 Å². The topological polar surface area (TPSA) is 56.3 Å². The van der Waals surface area contributed by atoms with Crippen LogP contribution in [0.25, 0.3) is 0 Å². The van der Waals surface area contributed by atoms with E-state index in [1.54, 1.807) is 0 Å². The molecular formula is C18H34N4O3. The predicted molar refractivity (Wildman–Crippen MR) is 97.4 cm³/mol. The maximum atomic E-state index is 12.7. The molecule has 2 saturated heterocycles. The van der Waals surface area contributed by atoms with Gasteiger partial charge in [0.2, 0.25) is 11.8 Å². The van der Waals surface area contributed by atoms with Gasteiger partial charge in [-0.2, -0.15) is 0 Å². The second-order valence-electron chi connectivity index (χ2n) is 7.60. The lowest BCUT2D eigenvalue weighted by Gasteiger charge is -2.36. The molecule has 0 aliphatic carbocycles. The van der Waals surface area contributed by atoms with Crippen LogP contribution in [-0.2, 0) is 14.3 Å². The van der Waals surface area contributed by atoms with Gasteiger partial charge in [-0.25, -0.2) is 0 Å². The van der Waals surface area contributed by atoms with Gasteiger partial charge in [-0.3, -0.25) is 14.5 Å². The largest absolute Gasteiger partial charge is 0.375 e. The molecule has 2 rings (SSSR count). The number of likely N-dealkylation sites (N-methyl/N-ethyl adjacent to an activating group) is 1. The summed E-state index contributed by atoms with van der Waals surface area (Å²) in [5, 5.41) is 0. The Morgan fingerprint density at radius 1 is 1.24 bits per heavy atom. The third-order valence-corrected chi connectivity index (χ3v) is 5.06. The molecule has 1 unspecified atom stereocenters. The highest BCUT2D eigenvalue weighted by Crippen LogP contribution is 2.14. The first-order valence-electron chi connectivity index (χ1n) is 9.42. The summed E-state index contributed by atoms with van der Waals surface area (Å²) >= 11 is 0. The molecule has 0 saturated carbocycles. The first kappa shape index (κ1) is 20.1. The van der Waals surface area contributed by atoms with E-state index in [0.717, 1.165) is 26.2 Å². The van der Waals surface area contributed by atoms with E-state index in [1.165, 1.54) is 0 Å². The van der Waals surface area contributed by atoms with E-state index in [-0.39, 0.29) is 17.9 Å². The van der Waals surface area contributed by atoms with Crippen molar-refractivity contribution in [2.75, 3.05) is 66.5 Å². The van der Waals surface area contributed by atoms with Gasteiger partial charge in [0.05, 0.1) is 19.1 Å². The van der Waals surface area contributed by atoms with Gasteiger partial charge in [0.25, 0.3) is 0 Å². The highest BCUT2D eigenvalue weighted by Gasteiger charge is 2.28. The lowest BCUT2D eigenvalue weighted by Crippen LogP contribution is -2.47. The van der Waals surface area contributed by atoms with Crippen molar-refractivity contribution in [1.82, 2.24) is 19.6 Å². The Morgan fingerprint density at radius 2 is 2.00 bits per heavy atom. The molecule has 144 valence electrons. The number of amides is 2. The van der Waals surface area contributed by atoms with Gasteiger partial charge >= 0.3 is 0 Å². The van der Waals surface area contributed by atoms with E-state index in [0.29, 0.717) is 45.1 Å². The SMILES string of the molecule is CC(C)N1CCOC(CC(=O)N2CCC(=O)N(CCN(C)C)CC2)C1. The Bertz CT molecular complexity index is 456. The smallest absolute Gasteiger partial charge is 0.225 e. The first-order chi connectivity index (χ1) is 11.9.